The maximum absolute atomic E-state index is 5.72. The third kappa shape index (κ3) is 2.44. The van der Waals surface area contributed by atoms with E-state index in [4.69, 9.17) is 15.2 Å². The molecule has 1 unspecified atom stereocenters. The van der Waals surface area contributed by atoms with E-state index in [1.807, 2.05) is 6.92 Å². The molecule has 1 rings (SSSR count). The molecule has 12 heavy (non-hydrogen) atoms. The van der Waals surface area contributed by atoms with Crippen LogP contribution in [0.15, 0.2) is 0 Å². The van der Waals surface area contributed by atoms with Crippen molar-refractivity contribution in [2.45, 2.75) is 19.8 Å². The van der Waals surface area contributed by atoms with Crippen LogP contribution in [-0.2, 0) is 9.47 Å². The summed E-state index contributed by atoms with van der Waals surface area (Å²) in [6.07, 6.45) is 2.13. The lowest BCUT2D eigenvalue weighted by Crippen LogP contribution is -2.32. The van der Waals surface area contributed by atoms with Gasteiger partial charge in [0, 0.05) is 31.8 Å². The summed E-state index contributed by atoms with van der Waals surface area (Å²) >= 11 is 0. The van der Waals surface area contributed by atoms with Crippen LogP contribution in [0.2, 0.25) is 0 Å². The number of rotatable bonds is 5. The summed E-state index contributed by atoms with van der Waals surface area (Å²) in [7, 11) is 0. The first-order valence-corrected chi connectivity index (χ1v) is 4.68. The number of hydrogen-bond acceptors (Lipinski definition) is 3. The fraction of sp³-hybridized carbons (Fsp3) is 1.00. The number of ether oxygens (including phenoxy) is 2. The van der Waals surface area contributed by atoms with Gasteiger partial charge in [0.25, 0.3) is 0 Å². The monoisotopic (exact) mass is 173 g/mol. The molecular formula is C9H19NO2. The van der Waals surface area contributed by atoms with Crippen LogP contribution in [0.1, 0.15) is 19.8 Å². The van der Waals surface area contributed by atoms with Crippen LogP contribution in [0.3, 0.4) is 0 Å². The summed E-state index contributed by atoms with van der Waals surface area (Å²) in [5.74, 6) is 0. The van der Waals surface area contributed by atoms with Gasteiger partial charge in [-0.25, -0.2) is 0 Å². The maximum atomic E-state index is 5.72. The van der Waals surface area contributed by atoms with Gasteiger partial charge in [0.1, 0.15) is 0 Å². The first-order valence-electron chi connectivity index (χ1n) is 4.68. The second-order valence-electron chi connectivity index (χ2n) is 3.45. The zero-order valence-electron chi connectivity index (χ0n) is 7.84. The Balaban J connectivity index is 2.24. The summed E-state index contributed by atoms with van der Waals surface area (Å²) in [5, 5.41) is 0. The third-order valence-electron chi connectivity index (χ3n) is 2.60. The Kier molecular flexibility index (Phi) is 3.98. The Morgan fingerprint density at radius 2 is 2.42 bits per heavy atom. The van der Waals surface area contributed by atoms with Crippen molar-refractivity contribution in [3.63, 3.8) is 0 Å². The van der Waals surface area contributed by atoms with Crippen molar-refractivity contribution in [1.29, 1.82) is 0 Å². The molecule has 1 atom stereocenters. The van der Waals surface area contributed by atoms with Gasteiger partial charge in [0.15, 0.2) is 0 Å². The largest absolute Gasteiger partial charge is 0.382 e. The molecule has 1 saturated heterocycles. The van der Waals surface area contributed by atoms with E-state index in [1.165, 1.54) is 0 Å². The van der Waals surface area contributed by atoms with Crippen molar-refractivity contribution >= 4 is 0 Å². The summed E-state index contributed by atoms with van der Waals surface area (Å²) < 4.78 is 10.7. The van der Waals surface area contributed by atoms with Gasteiger partial charge in [0.05, 0.1) is 6.61 Å². The zero-order chi connectivity index (χ0) is 8.86. The highest BCUT2D eigenvalue weighted by Crippen LogP contribution is 2.30. The topological polar surface area (TPSA) is 44.5 Å². The molecule has 2 N–H and O–H groups in total. The van der Waals surface area contributed by atoms with Crippen molar-refractivity contribution < 1.29 is 9.47 Å². The molecule has 0 aromatic rings. The minimum Gasteiger partial charge on any atom is -0.382 e. The molecule has 1 aliphatic heterocycles. The molecule has 1 aliphatic rings. The van der Waals surface area contributed by atoms with Crippen LogP contribution in [0.4, 0.5) is 0 Å². The van der Waals surface area contributed by atoms with E-state index in [0.29, 0.717) is 0 Å². The minimum absolute atomic E-state index is 0.217. The van der Waals surface area contributed by atoms with E-state index in [9.17, 15) is 0 Å². The smallest absolute Gasteiger partial charge is 0.0536 e. The first-order chi connectivity index (χ1) is 5.83. The highest BCUT2D eigenvalue weighted by Gasteiger charge is 2.32. The summed E-state index contributed by atoms with van der Waals surface area (Å²) in [4.78, 5) is 0. The highest BCUT2D eigenvalue weighted by molar-refractivity contribution is 4.83. The molecule has 0 saturated carbocycles. The van der Waals surface area contributed by atoms with E-state index in [2.05, 4.69) is 0 Å². The summed E-state index contributed by atoms with van der Waals surface area (Å²) in [5.41, 5.74) is 5.93. The summed E-state index contributed by atoms with van der Waals surface area (Å²) in [6, 6.07) is 0. The molecule has 0 spiro atoms. The fourth-order valence-corrected chi connectivity index (χ4v) is 1.54. The van der Waals surface area contributed by atoms with Gasteiger partial charge in [-0.1, -0.05) is 0 Å². The molecule has 72 valence electrons. The van der Waals surface area contributed by atoms with Crippen molar-refractivity contribution in [2.24, 2.45) is 11.1 Å². The van der Waals surface area contributed by atoms with Gasteiger partial charge in [-0.2, -0.15) is 0 Å². The first kappa shape index (κ1) is 9.96. The molecule has 0 aromatic carbocycles. The molecule has 3 heteroatoms. The van der Waals surface area contributed by atoms with Gasteiger partial charge in [-0.3, -0.25) is 0 Å². The van der Waals surface area contributed by atoms with E-state index >= 15 is 0 Å². The highest BCUT2D eigenvalue weighted by atomic mass is 16.5. The molecular weight excluding hydrogens is 154 g/mol. The quantitative estimate of drug-likeness (QED) is 0.625. The Morgan fingerprint density at radius 1 is 1.58 bits per heavy atom. The average Bonchev–Trinajstić information content (AvgIpc) is 2.55. The Hall–Kier alpha value is -0.120. The maximum Gasteiger partial charge on any atom is 0.0536 e. The molecule has 1 heterocycles. The van der Waals surface area contributed by atoms with Crippen LogP contribution < -0.4 is 5.73 Å². The Morgan fingerprint density at radius 3 is 2.92 bits per heavy atom. The normalized spacial score (nSPS) is 29.5. The Labute approximate surface area is 74.2 Å². The van der Waals surface area contributed by atoms with Gasteiger partial charge in [0.2, 0.25) is 0 Å². The van der Waals surface area contributed by atoms with E-state index < -0.39 is 0 Å². The van der Waals surface area contributed by atoms with Crippen molar-refractivity contribution in [3.05, 3.63) is 0 Å². The molecule has 3 nitrogen and oxygen atoms in total. The predicted octanol–water partition coefficient (Wildman–Crippen LogP) is 0.778. The van der Waals surface area contributed by atoms with Crippen molar-refractivity contribution in [1.82, 2.24) is 0 Å². The van der Waals surface area contributed by atoms with Gasteiger partial charge < -0.3 is 15.2 Å². The SMILES string of the molecule is CCOCCC1(CN)CCOC1. The lowest BCUT2D eigenvalue weighted by Gasteiger charge is -2.24. The third-order valence-corrected chi connectivity index (χ3v) is 2.60. The lowest BCUT2D eigenvalue weighted by atomic mass is 9.84. The Bertz CT molecular complexity index is 122. The molecule has 0 aliphatic carbocycles. The number of nitrogens with two attached hydrogens (primary N) is 1. The van der Waals surface area contributed by atoms with Crippen molar-refractivity contribution in [2.75, 3.05) is 33.0 Å². The second-order valence-corrected chi connectivity index (χ2v) is 3.45. The second kappa shape index (κ2) is 4.80. The lowest BCUT2D eigenvalue weighted by molar-refractivity contribution is 0.0909. The average molecular weight is 173 g/mol. The van der Waals surface area contributed by atoms with E-state index in [-0.39, 0.29) is 5.41 Å². The molecule has 1 fully saturated rings. The van der Waals surface area contributed by atoms with E-state index in [0.717, 1.165) is 45.8 Å². The standard InChI is InChI=1S/C9H19NO2/c1-2-11-5-3-9(7-10)4-6-12-8-9/h2-8,10H2,1H3. The fourth-order valence-electron chi connectivity index (χ4n) is 1.54. The molecule has 0 aromatic heterocycles. The van der Waals surface area contributed by atoms with Crippen LogP contribution >= 0.6 is 0 Å². The number of hydrogen-bond donors (Lipinski definition) is 1. The minimum atomic E-state index is 0.217. The molecule has 0 amide bonds. The predicted molar refractivity (Wildman–Crippen MR) is 48.0 cm³/mol. The summed E-state index contributed by atoms with van der Waals surface area (Å²) in [6.45, 7) is 6.03. The van der Waals surface area contributed by atoms with Gasteiger partial charge in [-0.15, -0.1) is 0 Å². The van der Waals surface area contributed by atoms with Gasteiger partial charge in [-0.05, 0) is 19.8 Å². The van der Waals surface area contributed by atoms with Crippen LogP contribution in [0.5, 0.6) is 0 Å². The van der Waals surface area contributed by atoms with Crippen LogP contribution in [0, 0.1) is 5.41 Å². The van der Waals surface area contributed by atoms with E-state index in [1.54, 1.807) is 0 Å². The molecule has 0 radical (unpaired) electrons. The van der Waals surface area contributed by atoms with Crippen molar-refractivity contribution in [3.8, 4) is 0 Å². The van der Waals surface area contributed by atoms with Crippen LogP contribution in [0.25, 0.3) is 0 Å². The zero-order valence-corrected chi connectivity index (χ0v) is 7.84. The van der Waals surface area contributed by atoms with Crippen LogP contribution in [-0.4, -0.2) is 33.0 Å². The van der Waals surface area contributed by atoms with Gasteiger partial charge >= 0.3 is 0 Å². The molecule has 0 bridgehead atoms.